The summed E-state index contributed by atoms with van der Waals surface area (Å²) >= 11 is 0. The van der Waals surface area contributed by atoms with E-state index in [0.717, 1.165) is 12.8 Å². The first-order valence-electron chi connectivity index (χ1n) is 8.28. The Balaban J connectivity index is 1.75. The van der Waals surface area contributed by atoms with E-state index < -0.39 is 5.60 Å². The minimum Gasteiger partial charge on any atom is -0.385 e. The van der Waals surface area contributed by atoms with E-state index in [1.807, 2.05) is 30.3 Å². The zero-order valence-corrected chi connectivity index (χ0v) is 13.8. The maximum Gasteiger partial charge on any atom is 0.226 e. The molecule has 2 aromatic carbocycles. The number of rotatable bonds is 6. The average molecular weight is 327 g/mol. The summed E-state index contributed by atoms with van der Waals surface area (Å²) in [6, 6.07) is 15.9. The first-order valence-corrected chi connectivity index (χ1v) is 8.28. The van der Waals surface area contributed by atoms with Gasteiger partial charge in [0.2, 0.25) is 5.91 Å². The van der Waals surface area contributed by atoms with Gasteiger partial charge in [0.05, 0.1) is 12.0 Å². The summed E-state index contributed by atoms with van der Waals surface area (Å²) in [4.78, 5) is 14.5. The molecule has 1 saturated carbocycles. The van der Waals surface area contributed by atoms with Crippen molar-refractivity contribution in [1.29, 1.82) is 0 Å². The first kappa shape index (κ1) is 16.7. The summed E-state index contributed by atoms with van der Waals surface area (Å²) in [5.74, 6) is -0.444. The molecule has 1 aliphatic carbocycles. The van der Waals surface area contributed by atoms with Gasteiger partial charge in [-0.05, 0) is 31.4 Å². The van der Waals surface area contributed by atoms with Crippen LogP contribution in [0.4, 0.5) is 4.39 Å². The van der Waals surface area contributed by atoms with E-state index in [9.17, 15) is 14.3 Å². The summed E-state index contributed by atoms with van der Waals surface area (Å²) in [6.07, 6.45) is 1.86. The average Bonchev–Trinajstić information content (AvgIpc) is 3.39. The van der Waals surface area contributed by atoms with Gasteiger partial charge >= 0.3 is 0 Å². The third-order valence-electron chi connectivity index (χ3n) is 4.50. The first-order chi connectivity index (χ1) is 11.5. The van der Waals surface area contributed by atoms with Gasteiger partial charge < -0.3 is 10.0 Å². The van der Waals surface area contributed by atoms with Crippen molar-refractivity contribution in [3.63, 3.8) is 0 Å². The molecule has 3 nitrogen and oxygen atoms in total. The quantitative estimate of drug-likeness (QED) is 0.880. The Morgan fingerprint density at radius 1 is 1.17 bits per heavy atom. The van der Waals surface area contributed by atoms with E-state index in [-0.39, 0.29) is 30.7 Å². The van der Waals surface area contributed by atoms with Gasteiger partial charge in [0.1, 0.15) is 5.82 Å². The highest BCUT2D eigenvalue weighted by atomic mass is 19.1. The number of aliphatic hydroxyl groups is 1. The number of hydrogen-bond acceptors (Lipinski definition) is 2. The predicted octanol–water partition coefficient (Wildman–Crippen LogP) is 3.61. The van der Waals surface area contributed by atoms with E-state index in [4.69, 9.17) is 0 Å². The largest absolute Gasteiger partial charge is 0.385 e. The molecule has 1 fully saturated rings. The minimum absolute atomic E-state index is 0.0119. The molecule has 0 saturated heterocycles. The van der Waals surface area contributed by atoms with Crippen LogP contribution in [-0.4, -0.2) is 22.0 Å². The molecule has 1 atom stereocenters. The molecule has 2 aromatic rings. The molecule has 0 radical (unpaired) electrons. The fourth-order valence-corrected chi connectivity index (χ4v) is 2.91. The van der Waals surface area contributed by atoms with Gasteiger partial charge in [-0.2, -0.15) is 0 Å². The molecule has 0 bridgehead atoms. The molecule has 1 N–H and O–H groups in total. The Kier molecular flexibility index (Phi) is 4.67. The van der Waals surface area contributed by atoms with Crippen molar-refractivity contribution in [1.82, 2.24) is 4.90 Å². The minimum atomic E-state index is -1.24. The summed E-state index contributed by atoms with van der Waals surface area (Å²) in [5.41, 5.74) is -0.0159. The lowest BCUT2D eigenvalue weighted by Crippen LogP contribution is -2.37. The zero-order chi connectivity index (χ0) is 17.2. The van der Waals surface area contributed by atoms with Crippen molar-refractivity contribution in [3.05, 3.63) is 71.5 Å². The molecule has 24 heavy (non-hydrogen) atoms. The van der Waals surface area contributed by atoms with E-state index >= 15 is 0 Å². The highest BCUT2D eigenvalue weighted by molar-refractivity contribution is 5.78. The van der Waals surface area contributed by atoms with Crippen molar-refractivity contribution in [3.8, 4) is 0 Å². The standard InChI is InChI=1S/C20H22FNO2/c1-20(24,16-8-3-2-4-9-16)13-19(23)22(17-11-12-17)14-15-7-5-6-10-18(15)21/h2-10,17,24H,11-14H2,1H3. The summed E-state index contributed by atoms with van der Waals surface area (Å²) < 4.78 is 13.9. The Morgan fingerprint density at radius 3 is 2.42 bits per heavy atom. The molecular weight excluding hydrogens is 305 g/mol. The second kappa shape index (κ2) is 6.73. The van der Waals surface area contributed by atoms with Crippen molar-refractivity contribution in [2.75, 3.05) is 0 Å². The normalized spacial score (nSPS) is 16.5. The molecule has 0 heterocycles. The Labute approximate surface area is 141 Å². The van der Waals surface area contributed by atoms with E-state index in [1.54, 1.807) is 30.0 Å². The number of benzene rings is 2. The van der Waals surface area contributed by atoms with Crippen LogP contribution in [0.15, 0.2) is 54.6 Å². The van der Waals surface area contributed by atoms with E-state index in [1.165, 1.54) is 6.07 Å². The highest BCUT2D eigenvalue weighted by Gasteiger charge is 2.36. The highest BCUT2D eigenvalue weighted by Crippen LogP contribution is 2.32. The van der Waals surface area contributed by atoms with Crippen LogP contribution in [0, 0.1) is 5.82 Å². The van der Waals surface area contributed by atoms with Crippen LogP contribution < -0.4 is 0 Å². The molecular formula is C20H22FNO2. The molecule has 0 aromatic heterocycles. The van der Waals surface area contributed by atoms with Crippen LogP contribution in [0.3, 0.4) is 0 Å². The predicted molar refractivity (Wildman–Crippen MR) is 90.6 cm³/mol. The van der Waals surface area contributed by atoms with Crippen molar-refractivity contribution >= 4 is 5.91 Å². The second-order valence-electron chi connectivity index (χ2n) is 6.66. The van der Waals surface area contributed by atoms with E-state index in [2.05, 4.69) is 0 Å². The molecule has 4 heteroatoms. The van der Waals surface area contributed by atoms with Crippen LogP contribution in [0.2, 0.25) is 0 Å². The maximum absolute atomic E-state index is 13.9. The number of carbonyl (C=O) groups is 1. The third-order valence-corrected chi connectivity index (χ3v) is 4.50. The molecule has 0 spiro atoms. The van der Waals surface area contributed by atoms with Gasteiger partial charge in [-0.1, -0.05) is 48.5 Å². The lowest BCUT2D eigenvalue weighted by Gasteiger charge is -2.29. The van der Waals surface area contributed by atoms with E-state index in [0.29, 0.717) is 11.1 Å². The SMILES string of the molecule is CC(O)(CC(=O)N(Cc1ccccc1F)C1CC1)c1ccccc1. The molecule has 1 unspecified atom stereocenters. The fraction of sp³-hybridized carbons (Fsp3) is 0.350. The van der Waals surface area contributed by atoms with Crippen molar-refractivity contribution in [2.45, 2.75) is 44.4 Å². The van der Waals surface area contributed by atoms with Crippen molar-refractivity contribution < 1.29 is 14.3 Å². The maximum atomic E-state index is 13.9. The van der Waals surface area contributed by atoms with Gasteiger partial charge in [0, 0.05) is 18.2 Å². The summed E-state index contributed by atoms with van der Waals surface area (Å²) in [5, 5.41) is 10.7. The third kappa shape index (κ3) is 3.82. The van der Waals surface area contributed by atoms with Crippen LogP contribution >= 0.6 is 0 Å². The molecule has 3 rings (SSSR count). The molecule has 126 valence electrons. The Morgan fingerprint density at radius 2 is 1.79 bits per heavy atom. The smallest absolute Gasteiger partial charge is 0.226 e. The number of amides is 1. The summed E-state index contributed by atoms with van der Waals surface area (Å²) in [7, 11) is 0. The van der Waals surface area contributed by atoms with Gasteiger partial charge in [-0.3, -0.25) is 4.79 Å². The molecule has 0 aliphatic heterocycles. The Hall–Kier alpha value is -2.20. The lowest BCUT2D eigenvalue weighted by molar-refractivity contribution is -0.137. The fourth-order valence-electron chi connectivity index (χ4n) is 2.91. The van der Waals surface area contributed by atoms with Crippen LogP contribution in [0.25, 0.3) is 0 Å². The zero-order valence-electron chi connectivity index (χ0n) is 13.8. The monoisotopic (exact) mass is 327 g/mol. The van der Waals surface area contributed by atoms with Crippen molar-refractivity contribution in [2.24, 2.45) is 0 Å². The van der Waals surface area contributed by atoms with Gasteiger partial charge in [0.25, 0.3) is 0 Å². The van der Waals surface area contributed by atoms with Gasteiger partial charge in [-0.25, -0.2) is 4.39 Å². The molecule has 1 aliphatic rings. The second-order valence-corrected chi connectivity index (χ2v) is 6.66. The Bertz CT molecular complexity index is 711. The van der Waals surface area contributed by atoms with Gasteiger partial charge in [0.15, 0.2) is 0 Å². The van der Waals surface area contributed by atoms with Crippen LogP contribution in [-0.2, 0) is 16.9 Å². The van der Waals surface area contributed by atoms with Gasteiger partial charge in [-0.15, -0.1) is 0 Å². The molecule has 1 amide bonds. The number of nitrogens with zero attached hydrogens (tertiary/aromatic N) is 1. The summed E-state index contributed by atoms with van der Waals surface area (Å²) in [6.45, 7) is 1.90. The number of carbonyl (C=O) groups excluding carboxylic acids is 1. The number of hydrogen-bond donors (Lipinski definition) is 1. The van der Waals surface area contributed by atoms with Crippen LogP contribution in [0.5, 0.6) is 0 Å². The van der Waals surface area contributed by atoms with Crippen LogP contribution in [0.1, 0.15) is 37.3 Å². The topological polar surface area (TPSA) is 40.5 Å². The lowest BCUT2D eigenvalue weighted by atomic mass is 9.92. The number of halogens is 1.